The van der Waals surface area contributed by atoms with Crippen LogP contribution in [0.25, 0.3) is 6.08 Å². The SMILES string of the molecule is COc1c(Cl)cc(Cl)cc1/C=C1\C(=O)NC(=O)N(c2cccc(Cl)c2C)C1=O. The summed E-state index contributed by atoms with van der Waals surface area (Å²) >= 11 is 18.2. The predicted molar refractivity (Wildman–Crippen MR) is 108 cm³/mol. The Labute approximate surface area is 175 Å². The molecule has 9 heteroatoms. The number of carbonyl (C=O) groups excluding carboxylic acids is 3. The van der Waals surface area contributed by atoms with Gasteiger partial charge in [0.15, 0.2) is 0 Å². The molecule has 1 saturated heterocycles. The van der Waals surface area contributed by atoms with E-state index in [-0.39, 0.29) is 22.0 Å². The quantitative estimate of drug-likeness (QED) is 0.559. The van der Waals surface area contributed by atoms with Gasteiger partial charge in [0, 0.05) is 15.6 Å². The largest absolute Gasteiger partial charge is 0.495 e. The van der Waals surface area contributed by atoms with Crippen LogP contribution < -0.4 is 15.0 Å². The van der Waals surface area contributed by atoms with E-state index in [1.54, 1.807) is 25.1 Å². The molecule has 1 heterocycles. The lowest BCUT2D eigenvalue weighted by atomic mass is 10.0. The number of ether oxygens (including phenoxy) is 1. The molecule has 1 aliphatic heterocycles. The van der Waals surface area contributed by atoms with Gasteiger partial charge in [0.25, 0.3) is 11.8 Å². The lowest BCUT2D eigenvalue weighted by Gasteiger charge is -2.27. The van der Waals surface area contributed by atoms with Gasteiger partial charge in [0.05, 0.1) is 17.8 Å². The smallest absolute Gasteiger partial charge is 0.335 e. The van der Waals surface area contributed by atoms with Gasteiger partial charge < -0.3 is 4.74 Å². The Kier molecular flexibility index (Phi) is 5.65. The highest BCUT2D eigenvalue weighted by atomic mass is 35.5. The maximum atomic E-state index is 13.0. The van der Waals surface area contributed by atoms with Crippen molar-refractivity contribution in [2.75, 3.05) is 12.0 Å². The summed E-state index contributed by atoms with van der Waals surface area (Å²) in [5.41, 5.74) is 0.820. The number of nitrogens with one attached hydrogen (secondary N) is 1. The first-order valence-electron chi connectivity index (χ1n) is 7.94. The van der Waals surface area contributed by atoms with Crippen molar-refractivity contribution in [1.29, 1.82) is 0 Å². The summed E-state index contributed by atoms with van der Waals surface area (Å²) in [6.07, 6.45) is 1.27. The zero-order valence-electron chi connectivity index (χ0n) is 14.7. The summed E-state index contributed by atoms with van der Waals surface area (Å²) in [7, 11) is 1.39. The van der Waals surface area contributed by atoms with Crippen molar-refractivity contribution < 1.29 is 19.1 Å². The first-order valence-corrected chi connectivity index (χ1v) is 9.07. The molecule has 0 saturated carbocycles. The van der Waals surface area contributed by atoms with Crippen LogP contribution in [0.3, 0.4) is 0 Å². The van der Waals surface area contributed by atoms with E-state index >= 15 is 0 Å². The third-order valence-electron chi connectivity index (χ3n) is 4.12. The molecular weight excluding hydrogens is 427 g/mol. The van der Waals surface area contributed by atoms with Crippen molar-refractivity contribution >= 4 is 64.4 Å². The molecule has 1 aliphatic rings. The minimum absolute atomic E-state index is 0.212. The number of methoxy groups -OCH3 is 1. The number of hydrogen-bond acceptors (Lipinski definition) is 4. The van der Waals surface area contributed by atoms with E-state index in [0.717, 1.165) is 4.90 Å². The average molecular weight is 440 g/mol. The van der Waals surface area contributed by atoms with Crippen molar-refractivity contribution in [3.05, 3.63) is 62.1 Å². The predicted octanol–water partition coefficient (Wildman–Crippen LogP) is 4.63. The summed E-state index contributed by atoms with van der Waals surface area (Å²) in [6, 6.07) is 6.89. The fourth-order valence-electron chi connectivity index (χ4n) is 2.77. The van der Waals surface area contributed by atoms with Crippen molar-refractivity contribution in [2.24, 2.45) is 0 Å². The van der Waals surface area contributed by atoms with E-state index in [1.165, 1.54) is 25.3 Å². The molecule has 2 aromatic carbocycles. The van der Waals surface area contributed by atoms with Crippen LogP contribution >= 0.6 is 34.8 Å². The second-order valence-corrected chi connectivity index (χ2v) is 7.10. The standard InChI is InChI=1S/C19H13Cl3N2O4/c1-9-13(21)4-3-5-15(9)24-18(26)12(17(25)23-19(24)27)7-10-6-11(20)8-14(22)16(10)28-2/h3-8H,1-2H3,(H,23,25,27)/b12-7+. The Bertz CT molecular complexity index is 1050. The van der Waals surface area contributed by atoms with Crippen LogP contribution in [0, 0.1) is 6.92 Å². The van der Waals surface area contributed by atoms with E-state index in [0.29, 0.717) is 21.2 Å². The van der Waals surface area contributed by atoms with E-state index in [2.05, 4.69) is 5.32 Å². The molecule has 2 aromatic rings. The van der Waals surface area contributed by atoms with Crippen LogP contribution in [0.2, 0.25) is 15.1 Å². The van der Waals surface area contributed by atoms with Gasteiger partial charge in [0.2, 0.25) is 0 Å². The molecule has 0 aliphatic carbocycles. The number of hydrogen-bond donors (Lipinski definition) is 1. The van der Waals surface area contributed by atoms with Gasteiger partial charge in [-0.3, -0.25) is 14.9 Å². The molecule has 1 N–H and O–H groups in total. The van der Waals surface area contributed by atoms with Crippen molar-refractivity contribution in [3.63, 3.8) is 0 Å². The van der Waals surface area contributed by atoms with Crippen molar-refractivity contribution in [3.8, 4) is 5.75 Å². The highest BCUT2D eigenvalue weighted by Gasteiger charge is 2.37. The number of benzene rings is 2. The Morgan fingerprint density at radius 3 is 2.46 bits per heavy atom. The van der Waals surface area contributed by atoms with Gasteiger partial charge in [0.1, 0.15) is 11.3 Å². The van der Waals surface area contributed by atoms with E-state index in [1.807, 2.05) is 0 Å². The first kappa shape index (κ1) is 20.2. The number of amides is 4. The fourth-order valence-corrected chi connectivity index (χ4v) is 3.53. The van der Waals surface area contributed by atoms with Gasteiger partial charge in [-0.05, 0) is 42.8 Å². The normalized spacial score (nSPS) is 15.8. The highest BCUT2D eigenvalue weighted by molar-refractivity contribution is 6.40. The molecule has 0 unspecified atom stereocenters. The average Bonchev–Trinajstić information content (AvgIpc) is 2.61. The topological polar surface area (TPSA) is 75.7 Å². The Hall–Kier alpha value is -2.54. The van der Waals surface area contributed by atoms with E-state index in [4.69, 9.17) is 39.5 Å². The number of rotatable bonds is 3. The minimum Gasteiger partial charge on any atom is -0.495 e. The lowest BCUT2D eigenvalue weighted by molar-refractivity contribution is -0.122. The van der Waals surface area contributed by atoms with Gasteiger partial charge in [-0.1, -0.05) is 40.9 Å². The second kappa shape index (κ2) is 7.83. The Morgan fingerprint density at radius 2 is 1.79 bits per heavy atom. The van der Waals surface area contributed by atoms with E-state index < -0.39 is 17.8 Å². The van der Waals surface area contributed by atoms with Crippen molar-refractivity contribution in [1.82, 2.24) is 5.32 Å². The minimum atomic E-state index is -0.867. The van der Waals surface area contributed by atoms with Crippen LogP contribution in [0.1, 0.15) is 11.1 Å². The van der Waals surface area contributed by atoms with Gasteiger partial charge in [-0.15, -0.1) is 0 Å². The van der Waals surface area contributed by atoms with Crippen LogP contribution in [-0.4, -0.2) is 25.0 Å². The molecular formula is C19H13Cl3N2O4. The summed E-state index contributed by atoms with van der Waals surface area (Å²) in [5.74, 6) is -1.41. The molecule has 144 valence electrons. The van der Waals surface area contributed by atoms with Crippen LogP contribution in [0.5, 0.6) is 5.75 Å². The molecule has 3 rings (SSSR count). The molecule has 6 nitrogen and oxygen atoms in total. The summed E-state index contributed by atoms with van der Waals surface area (Å²) in [4.78, 5) is 38.5. The fraction of sp³-hybridized carbons (Fsp3) is 0.105. The van der Waals surface area contributed by atoms with Crippen molar-refractivity contribution in [2.45, 2.75) is 6.92 Å². The zero-order valence-corrected chi connectivity index (χ0v) is 16.9. The second-order valence-electron chi connectivity index (χ2n) is 5.85. The molecule has 0 atom stereocenters. The maximum Gasteiger partial charge on any atom is 0.335 e. The Balaban J connectivity index is 2.14. The van der Waals surface area contributed by atoms with E-state index in [9.17, 15) is 14.4 Å². The molecule has 28 heavy (non-hydrogen) atoms. The van der Waals surface area contributed by atoms with Crippen LogP contribution in [-0.2, 0) is 9.59 Å². The van der Waals surface area contributed by atoms with Gasteiger partial charge in [-0.25, -0.2) is 9.69 Å². The number of barbiturate groups is 1. The van der Waals surface area contributed by atoms with Gasteiger partial charge >= 0.3 is 6.03 Å². The molecule has 1 fully saturated rings. The Morgan fingerprint density at radius 1 is 1.07 bits per heavy atom. The monoisotopic (exact) mass is 438 g/mol. The third kappa shape index (κ3) is 3.58. The maximum absolute atomic E-state index is 13.0. The molecule has 0 spiro atoms. The number of halogens is 3. The number of anilines is 1. The van der Waals surface area contributed by atoms with Crippen LogP contribution in [0.15, 0.2) is 35.9 Å². The zero-order chi connectivity index (χ0) is 20.6. The van der Waals surface area contributed by atoms with Crippen LogP contribution in [0.4, 0.5) is 10.5 Å². The third-order valence-corrected chi connectivity index (χ3v) is 5.03. The first-order chi connectivity index (χ1) is 13.2. The molecule has 0 aromatic heterocycles. The molecule has 4 amide bonds. The number of imide groups is 2. The number of carbonyl (C=O) groups is 3. The molecule has 0 bridgehead atoms. The summed E-state index contributed by atoms with van der Waals surface area (Å²) < 4.78 is 5.23. The van der Waals surface area contributed by atoms with Gasteiger partial charge in [-0.2, -0.15) is 0 Å². The number of urea groups is 1. The lowest BCUT2D eigenvalue weighted by Crippen LogP contribution is -2.54. The summed E-state index contributed by atoms with van der Waals surface area (Å²) in [6.45, 7) is 1.66. The number of nitrogens with zero attached hydrogens (tertiary/aromatic N) is 1. The summed E-state index contributed by atoms with van der Waals surface area (Å²) in [5, 5.41) is 3.03. The molecule has 0 radical (unpaired) electrons. The highest BCUT2D eigenvalue weighted by Crippen LogP contribution is 2.35.